The van der Waals surface area contributed by atoms with E-state index in [1.165, 1.54) is 17.7 Å². The predicted octanol–water partition coefficient (Wildman–Crippen LogP) is 1.64. The Bertz CT molecular complexity index is 330. The van der Waals surface area contributed by atoms with Crippen molar-refractivity contribution in [3.63, 3.8) is 0 Å². The zero-order valence-electron chi connectivity index (χ0n) is 7.22. The number of aromatic nitrogens is 2. The minimum absolute atomic E-state index is 0.156. The molecule has 1 aliphatic carbocycles. The summed E-state index contributed by atoms with van der Waals surface area (Å²) in [7, 11) is 0. The van der Waals surface area contributed by atoms with E-state index < -0.39 is 0 Å². The van der Waals surface area contributed by atoms with E-state index in [-0.39, 0.29) is 5.92 Å². The molecule has 2 heteroatoms. The van der Waals surface area contributed by atoms with Crippen LogP contribution in [-0.2, 0) is 12.8 Å². The predicted molar refractivity (Wildman–Crippen MR) is 47.9 cm³/mol. The Labute approximate surface area is 72.4 Å². The maximum Gasteiger partial charge on any atom is 0.0803 e. The lowest BCUT2D eigenvalue weighted by Crippen LogP contribution is -1.94. The smallest absolute Gasteiger partial charge is 0.0803 e. The molecule has 1 aliphatic rings. The first-order valence-corrected chi connectivity index (χ1v) is 4.35. The number of nitrogens with one attached hydrogen (secondary N) is 1. The van der Waals surface area contributed by atoms with Gasteiger partial charge in [0.25, 0.3) is 0 Å². The molecule has 62 valence electrons. The molecule has 0 saturated carbocycles. The molecule has 1 aromatic heterocycles. The van der Waals surface area contributed by atoms with Crippen LogP contribution in [0.5, 0.6) is 0 Å². The van der Waals surface area contributed by atoms with Gasteiger partial charge in [0.2, 0.25) is 0 Å². The van der Waals surface area contributed by atoms with Crippen molar-refractivity contribution in [2.75, 3.05) is 0 Å². The van der Waals surface area contributed by atoms with Gasteiger partial charge in [0.05, 0.1) is 11.6 Å². The van der Waals surface area contributed by atoms with Crippen LogP contribution in [0.1, 0.15) is 36.2 Å². The lowest BCUT2D eigenvalue weighted by Gasteiger charge is -2.00. The standard InChI is InChI=1S/C10H12N2/c1-3-7(2)10-8-5-4-6-9(8)11-12-10/h1,7H,4-6H2,2H3,(H,11,12). The third-order valence-corrected chi connectivity index (χ3v) is 2.50. The van der Waals surface area contributed by atoms with Crippen molar-refractivity contribution in [3.05, 3.63) is 17.0 Å². The number of fused-ring (bicyclic) bond motifs is 1. The largest absolute Gasteiger partial charge is 0.282 e. The fourth-order valence-electron chi connectivity index (χ4n) is 1.78. The zero-order valence-corrected chi connectivity index (χ0v) is 7.22. The van der Waals surface area contributed by atoms with E-state index in [1.54, 1.807) is 0 Å². The highest BCUT2D eigenvalue weighted by molar-refractivity contribution is 5.34. The summed E-state index contributed by atoms with van der Waals surface area (Å²) in [4.78, 5) is 0. The Hall–Kier alpha value is -1.23. The Morgan fingerprint density at radius 3 is 3.17 bits per heavy atom. The molecule has 1 atom stereocenters. The van der Waals surface area contributed by atoms with Gasteiger partial charge in [0, 0.05) is 5.69 Å². The van der Waals surface area contributed by atoms with Gasteiger partial charge in [-0.05, 0) is 31.7 Å². The number of rotatable bonds is 1. The summed E-state index contributed by atoms with van der Waals surface area (Å²) >= 11 is 0. The van der Waals surface area contributed by atoms with Gasteiger partial charge in [-0.15, -0.1) is 6.42 Å². The van der Waals surface area contributed by atoms with Crippen molar-refractivity contribution < 1.29 is 0 Å². The van der Waals surface area contributed by atoms with Gasteiger partial charge in [-0.2, -0.15) is 5.10 Å². The first-order valence-electron chi connectivity index (χ1n) is 4.35. The molecule has 2 nitrogen and oxygen atoms in total. The van der Waals surface area contributed by atoms with Crippen LogP contribution in [0.2, 0.25) is 0 Å². The summed E-state index contributed by atoms with van der Waals surface area (Å²) in [5, 5.41) is 7.30. The van der Waals surface area contributed by atoms with Crippen molar-refractivity contribution in [1.29, 1.82) is 0 Å². The number of H-pyrrole nitrogens is 1. The van der Waals surface area contributed by atoms with E-state index in [0.717, 1.165) is 18.5 Å². The molecule has 0 aliphatic heterocycles. The molecule has 0 fully saturated rings. The van der Waals surface area contributed by atoms with Gasteiger partial charge in [-0.25, -0.2) is 0 Å². The van der Waals surface area contributed by atoms with E-state index in [9.17, 15) is 0 Å². The highest BCUT2D eigenvalue weighted by atomic mass is 15.1. The molecule has 12 heavy (non-hydrogen) atoms. The fraction of sp³-hybridized carbons (Fsp3) is 0.500. The van der Waals surface area contributed by atoms with E-state index in [2.05, 4.69) is 16.1 Å². The van der Waals surface area contributed by atoms with Crippen molar-refractivity contribution in [1.82, 2.24) is 10.2 Å². The molecule has 1 aromatic rings. The van der Waals surface area contributed by atoms with Crippen LogP contribution in [0.15, 0.2) is 0 Å². The summed E-state index contributed by atoms with van der Waals surface area (Å²) in [5.74, 6) is 2.87. The number of hydrogen-bond donors (Lipinski definition) is 1. The first kappa shape index (κ1) is 7.42. The quantitative estimate of drug-likeness (QED) is 0.621. The van der Waals surface area contributed by atoms with Gasteiger partial charge in [-0.1, -0.05) is 5.92 Å². The molecule has 0 radical (unpaired) electrons. The lowest BCUT2D eigenvalue weighted by atomic mass is 10.0. The van der Waals surface area contributed by atoms with Gasteiger partial charge in [0.1, 0.15) is 0 Å². The number of aromatic amines is 1. The maximum absolute atomic E-state index is 5.35. The monoisotopic (exact) mass is 160 g/mol. The number of nitrogens with zero attached hydrogens (tertiary/aromatic N) is 1. The SMILES string of the molecule is C#CC(C)c1n[nH]c2c1CCC2. The Balaban J connectivity index is 2.41. The minimum atomic E-state index is 0.156. The van der Waals surface area contributed by atoms with Crippen molar-refractivity contribution in [3.8, 4) is 12.3 Å². The first-order chi connectivity index (χ1) is 5.83. The highest BCUT2D eigenvalue weighted by Crippen LogP contribution is 2.27. The third kappa shape index (κ3) is 0.937. The van der Waals surface area contributed by atoms with Gasteiger partial charge in [-0.3, -0.25) is 5.10 Å². The molecule has 0 aromatic carbocycles. The zero-order chi connectivity index (χ0) is 8.55. The second kappa shape index (κ2) is 2.67. The normalized spacial score (nSPS) is 17.0. The third-order valence-electron chi connectivity index (χ3n) is 2.50. The topological polar surface area (TPSA) is 28.7 Å². The molecule has 1 N–H and O–H groups in total. The van der Waals surface area contributed by atoms with Crippen LogP contribution >= 0.6 is 0 Å². The van der Waals surface area contributed by atoms with Crippen molar-refractivity contribution >= 4 is 0 Å². The van der Waals surface area contributed by atoms with Crippen LogP contribution < -0.4 is 0 Å². The highest BCUT2D eigenvalue weighted by Gasteiger charge is 2.20. The summed E-state index contributed by atoms with van der Waals surface area (Å²) in [6.07, 6.45) is 8.88. The number of terminal acetylenes is 1. The molecule has 2 rings (SSSR count). The van der Waals surface area contributed by atoms with Gasteiger partial charge >= 0.3 is 0 Å². The van der Waals surface area contributed by atoms with Gasteiger partial charge < -0.3 is 0 Å². The molecule has 0 bridgehead atoms. The number of hydrogen-bond acceptors (Lipinski definition) is 1. The van der Waals surface area contributed by atoms with Crippen LogP contribution in [0, 0.1) is 12.3 Å². The van der Waals surface area contributed by atoms with E-state index >= 15 is 0 Å². The average Bonchev–Trinajstić information content (AvgIpc) is 2.62. The van der Waals surface area contributed by atoms with Gasteiger partial charge in [0.15, 0.2) is 0 Å². The molecule has 0 spiro atoms. The fourth-order valence-corrected chi connectivity index (χ4v) is 1.78. The molecule has 1 heterocycles. The second-order valence-corrected chi connectivity index (χ2v) is 3.31. The van der Waals surface area contributed by atoms with Crippen LogP contribution in [0.4, 0.5) is 0 Å². The van der Waals surface area contributed by atoms with E-state index in [1.807, 2.05) is 6.92 Å². The Kier molecular flexibility index (Phi) is 1.65. The minimum Gasteiger partial charge on any atom is -0.282 e. The van der Waals surface area contributed by atoms with Crippen molar-refractivity contribution in [2.24, 2.45) is 0 Å². The van der Waals surface area contributed by atoms with Crippen molar-refractivity contribution in [2.45, 2.75) is 32.1 Å². The summed E-state index contributed by atoms with van der Waals surface area (Å²) in [5.41, 5.74) is 3.76. The summed E-state index contributed by atoms with van der Waals surface area (Å²) in [6.45, 7) is 2.02. The molecule has 1 unspecified atom stereocenters. The van der Waals surface area contributed by atoms with E-state index in [4.69, 9.17) is 6.42 Å². The Morgan fingerprint density at radius 1 is 1.58 bits per heavy atom. The summed E-state index contributed by atoms with van der Waals surface area (Å²) in [6, 6.07) is 0. The van der Waals surface area contributed by atoms with Crippen LogP contribution in [0.3, 0.4) is 0 Å². The Morgan fingerprint density at radius 2 is 2.42 bits per heavy atom. The average molecular weight is 160 g/mol. The maximum atomic E-state index is 5.35. The molecule has 0 saturated heterocycles. The lowest BCUT2D eigenvalue weighted by molar-refractivity contribution is 0.820. The summed E-state index contributed by atoms with van der Waals surface area (Å²) < 4.78 is 0. The van der Waals surface area contributed by atoms with Crippen LogP contribution in [-0.4, -0.2) is 10.2 Å². The van der Waals surface area contributed by atoms with Crippen LogP contribution in [0.25, 0.3) is 0 Å². The molecular formula is C10H12N2. The number of aryl methyl sites for hydroxylation is 1. The second-order valence-electron chi connectivity index (χ2n) is 3.31. The molecule has 0 amide bonds. The molecular weight excluding hydrogens is 148 g/mol. The van der Waals surface area contributed by atoms with E-state index in [0.29, 0.717) is 0 Å².